The number of hydrogen-bond donors (Lipinski definition) is 1. The van der Waals surface area contributed by atoms with Crippen LogP contribution in [0.2, 0.25) is 5.02 Å². The third-order valence-corrected chi connectivity index (χ3v) is 3.10. The second kappa shape index (κ2) is 6.00. The molecule has 1 aromatic carbocycles. The lowest BCUT2D eigenvalue weighted by molar-refractivity contribution is 0.0949. The van der Waals surface area contributed by atoms with Crippen LogP contribution < -0.4 is 5.32 Å². The topological polar surface area (TPSA) is 46.9 Å². The third-order valence-electron chi connectivity index (χ3n) is 2.79. The molecule has 2 aromatic rings. The van der Waals surface area contributed by atoms with Crippen molar-refractivity contribution in [2.24, 2.45) is 0 Å². The predicted octanol–water partition coefficient (Wildman–Crippen LogP) is 2.76. The number of amides is 1. The molecule has 1 heterocycles. The van der Waals surface area contributed by atoms with Gasteiger partial charge in [-0.1, -0.05) is 11.6 Å². The maximum Gasteiger partial charge on any atom is 0.253 e. The van der Waals surface area contributed by atoms with Crippen LogP contribution in [0.3, 0.4) is 0 Å². The number of nitrogens with one attached hydrogen (secondary N) is 1. The van der Waals surface area contributed by atoms with E-state index in [0.29, 0.717) is 6.54 Å². The lowest BCUT2D eigenvalue weighted by atomic mass is 10.2. The van der Waals surface area contributed by atoms with Crippen molar-refractivity contribution in [1.82, 2.24) is 15.1 Å². The normalized spacial score (nSPS) is 10.6. The minimum absolute atomic E-state index is 0.104. The first-order valence-electron chi connectivity index (χ1n) is 5.96. The Morgan fingerprint density at radius 2 is 2.10 bits per heavy atom. The summed E-state index contributed by atoms with van der Waals surface area (Å²) in [5.41, 5.74) is 0.702. The van der Waals surface area contributed by atoms with E-state index in [4.69, 9.17) is 11.6 Å². The molecule has 0 fully saturated rings. The van der Waals surface area contributed by atoms with Crippen molar-refractivity contribution < 1.29 is 13.6 Å². The van der Waals surface area contributed by atoms with Crippen LogP contribution in [0.15, 0.2) is 24.4 Å². The minimum atomic E-state index is -1.11. The van der Waals surface area contributed by atoms with Crippen LogP contribution in [-0.2, 0) is 13.1 Å². The zero-order chi connectivity index (χ0) is 14.7. The zero-order valence-electron chi connectivity index (χ0n) is 10.7. The highest BCUT2D eigenvalue weighted by molar-refractivity contribution is 6.33. The van der Waals surface area contributed by atoms with Crippen molar-refractivity contribution in [2.45, 2.75) is 20.0 Å². The monoisotopic (exact) mass is 299 g/mol. The Balaban J connectivity index is 2.11. The van der Waals surface area contributed by atoms with E-state index in [-0.39, 0.29) is 17.1 Å². The van der Waals surface area contributed by atoms with Gasteiger partial charge in [0.15, 0.2) is 11.6 Å². The van der Waals surface area contributed by atoms with Crippen LogP contribution in [0.4, 0.5) is 8.78 Å². The van der Waals surface area contributed by atoms with Gasteiger partial charge in [0.2, 0.25) is 0 Å². The molecule has 1 N–H and O–H groups in total. The van der Waals surface area contributed by atoms with Gasteiger partial charge in [-0.15, -0.1) is 0 Å². The molecule has 0 unspecified atom stereocenters. The zero-order valence-corrected chi connectivity index (χ0v) is 11.4. The molecule has 2 rings (SSSR count). The van der Waals surface area contributed by atoms with Gasteiger partial charge in [-0.25, -0.2) is 8.78 Å². The number of rotatable bonds is 4. The van der Waals surface area contributed by atoms with Gasteiger partial charge in [0.1, 0.15) is 0 Å². The van der Waals surface area contributed by atoms with Crippen molar-refractivity contribution in [1.29, 1.82) is 0 Å². The molecule has 0 radical (unpaired) electrons. The van der Waals surface area contributed by atoms with Gasteiger partial charge in [0, 0.05) is 12.7 Å². The van der Waals surface area contributed by atoms with E-state index < -0.39 is 17.5 Å². The van der Waals surface area contributed by atoms with Gasteiger partial charge >= 0.3 is 0 Å². The molecule has 0 bridgehead atoms. The number of aromatic nitrogens is 2. The van der Waals surface area contributed by atoms with Crippen molar-refractivity contribution in [3.63, 3.8) is 0 Å². The van der Waals surface area contributed by atoms with Gasteiger partial charge in [-0.2, -0.15) is 5.10 Å². The summed E-state index contributed by atoms with van der Waals surface area (Å²) in [5.74, 6) is -2.77. The lowest BCUT2D eigenvalue weighted by Gasteiger charge is -2.08. The van der Waals surface area contributed by atoms with Gasteiger partial charge in [0.05, 0.1) is 22.8 Å². The van der Waals surface area contributed by atoms with Crippen LogP contribution in [0.1, 0.15) is 23.0 Å². The molecule has 7 heteroatoms. The Morgan fingerprint density at radius 1 is 1.40 bits per heavy atom. The largest absolute Gasteiger partial charge is 0.346 e. The van der Waals surface area contributed by atoms with Gasteiger partial charge in [-0.3, -0.25) is 9.48 Å². The highest BCUT2D eigenvalue weighted by atomic mass is 35.5. The Morgan fingerprint density at radius 3 is 2.80 bits per heavy atom. The fourth-order valence-electron chi connectivity index (χ4n) is 1.76. The molecule has 1 amide bonds. The smallest absolute Gasteiger partial charge is 0.253 e. The first-order chi connectivity index (χ1) is 9.52. The molecule has 0 aliphatic carbocycles. The number of carbonyl (C=O) groups is 1. The fraction of sp³-hybridized carbons (Fsp3) is 0.231. The standard InChI is InChI=1S/C13H12ClF2N3O/c1-2-19-8(3-4-18-19)7-17-13(20)9-5-11(15)12(16)6-10(9)14/h3-6H,2,7H2,1H3,(H,17,20). The number of hydrogen-bond acceptors (Lipinski definition) is 2. The summed E-state index contributed by atoms with van der Waals surface area (Å²) < 4.78 is 27.8. The summed E-state index contributed by atoms with van der Waals surface area (Å²) in [6.07, 6.45) is 1.62. The van der Waals surface area contributed by atoms with E-state index >= 15 is 0 Å². The highest BCUT2D eigenvalue weighted by Gasteiger charge is 2.15. The summed E-state index contributed by atoms with van der Waals surface area (Å²) in [5, 5.41) is 6.51. The quantitative estimate of drug-likeness (QED) is 0.883. The van der Waals surface area contributed by atoms with Gasteiger partial charge < -0.3 is 5.32 Å². The molecule has 20 heavy (non-hydrogen) atoms. The maximum atomic E-state index is 13.1. The number of aryl methyl sites for hydroxylation is 1. The van der Waals surface area contributed by atoms with Crippen LogP contribution in [-0.4, -0.2) is 15.7 Å². The molecule has 1 aromatic heterocycles. The molecule has 106 valence electrons. The van der Waals surface area contributed by atoms with E-state index in [1.54, 1.807) is 16.9 Å². The van der Waals surface area contributed by atoms with Crippen LogP contribution >= 0.6 is 11.6 Å². The highest BCUT2D eigenvalue weighted by Crippen LogP contribution is 2.20. The van der Waals surface area contributed by atoms with Crippen LogP contribution in [0, 0.1) is 11.6 Å². The molecule has 0 aliphatic rings. The average Bonchev–Trinajstić information content (AvgIpc) is 2.87. The molecule has 0 saturated heterocycles. The van der Waals surface area contributed by atoms with Crippen molar-refractivity contribution in [3.8, 4) is 0 Å². The third kappa shape index (κ3) is 2.96. The summed E-state index contributed by atoms with van der Waals surface area (Å²) in [6.45, 7) is 2.82. The molecule has 0 atom stereocenters. The Hall–Kier alpha value is -1.95. The molecule has 0 saturated carbocycles. The molecule has 0 spiro atoms. The Bertz CT molecular complexity index is 643. The Kier molecular flexibility index (Phi) is 4.34. The van der Waals surface area contributed by atoms with E-state index in [2.05, 4.69) is 10.4 Å². The van der Waals surface area contributed by atoms with E-state index in [0.717, 1.165) is 17.8 Å². The molecular weight excluding hydrogens is 288 g/mol. The average molecular weight is 300 g/mol. The Labute approximate surface area is 119 Å². The van der Waals surface area contributed by atoms with Crippen molar-refractivity contribution in [3.05, 3.63) is 52.3 Å². The van der Waals surface area contributed by atoms with Gasteiger partial charge in [0.25, 0.3) is 5.91 Å². The SMILES string of the molecule is CCn1nccc1CNC(=O)c1cc(F)c(F)cc1Cl. The lowest BCUT2D eigenvalue weighted by Crippen LogP contribution is -2.25. The first kappa shape index (κ1) is 14.5. The van der Waals surface area contributed by atoms with E-state index in [9.17, 15) is 13.6 Å². The van der Waals surface area contributed by atoms with E-state index in [1.165, 1.54) is 0 Å². The first-order valence-corrected chi connectivity index (χ1v) is 6.34. The van der Waals surface area contributed by atoms with E-state index in [1.807, 2.05) is 6.92 Å². The number of halogens is 3. The maximum absolute atomic E-state index is 13.1. The number of benzene rings is 1. The van der Waals surface area contributed by atoms with Crippen molar-refractivity contribution in [2.75, 3.05) is 0 Å². The summed E-state index contributed by atoms with van der Waals surface area (Å²) in [4.78, 5) is 11.9. The molecule has 4 nitrogen and oxygen atoms in total. The van der Waals surface area contributed by atoms with Crippen LogP contribution in [0.25, 0.3) is 0 Å². The van der Waals surface area contributed by atoms with Gasteiger partial charge in [-0.05, 0) is 25.1 Å². The molecule has 0 aliphatic heterocycles. The second-order valence-electron chi connectivity index (χ2n) is 4.07. The van der Waals surface area contributed by atoms with Crippen LogP contribution in [0.5, 0.6) is 0 Å². The predicted molar refractivity (Wildman–Crippen MR) is 70.4 cm³/mol. The fourth-order valence-corrected chi connectivity index (χ4v) is 1.99. The summed E-state index contributed by atoms with van der Waals surface area (Å²) in [7, 11) is 0. The summed E-state index contributed by atoms with van der Waals surface area (Å²) in [6, 6.07) is 3.32. The second-order valence-corrected chi connectivity index (χ2v) is 4.47. The number of nitrogens with zero attached hydrogens (tertiary/aromatic N) is 2. The summed E-state index contributed by atoms with van der Waals surface area (Å²) >= 11 is 5.73. The number of carbonyl (C=O) groups excluding carboxylic acids is 1. The molecular formula is C13H12ClF2N3O. The van der Waals surface area contributed by atoms with Crippen molar-refractivity contribution >= 4 is 17.5 Å². The minimum Gasteiger partial charge on any atom is -0.346 e.